The van der Waals surface area contributed by atoms with Gasteiger partial charge in [-0.2, -0.15) is 0 Å². The fourth-order valence-corrected chi connectivity index (χ4v) is 1.24. The van der Waals surface area contributed by atoms with Crippen LogP contribution in [-0.4, -0.2) is 30.4 Å². The Labute approximate surface area is 61.2 Å². The minimum atomic E-state index is -0.210. The molecular weight excluding hydrogens is 129 g/mol. The molecule has 1 fully saturated rings. The summed E-state index contributed by atoms with van der Waals surface area (Å²) in [7, 11) is 1.93. The maximum atomic E-state index is 10.7. The summed E-state index contributed by atoms with van der Waals surface area (Å²) in [5.41, 5.74) is 5.16. The Morgan fingerprint density at radius 3 is 2.90 bits per heavy atom. The summed E-state index contributed by atoms with van der Waals surface area (Å²) in [6.45, 7) is 0.952. The molecule has 1 aliphatic rings. The number of amides is 1. The number of nitrogens with two attached hydrogens (primary N) is 1. The molecule has 1 saturated heterocycles. The number of likely N-dealkylation sites (tertiary alicyclic amines) is 1. The number of piperidine rings is 1. The van der Waals surface area contributed by atoms with Gasteiger partial charge in [-0.25, -0.2) is 0 Å². The van der Waals surface area contributed by atoms with Crippen molar-refractivity contribution >= 4 is 5.91 Å². The highest BCUT2D eigenvalue weighted by molar-refractivity contribution is 5.80. The van der Waals surface area contributed by atoms with Gasteiger partial charge < -0.3 is 5.73 Å². The predicted octanol–water partition coefficient (Wildman–Crippen LogP) is -0.230. The number of carbonyl (C=O) groups excluding carboxylic acids is 1. The van der Waals surface area contributed by atoms with E-state index >= 15 is 0 Å². The molecule has 3 heteroatoms. The van der Waals surface area contributed by atoms with Crippen LogP contribution in [0.15, 0.2) is 0 Å². The average molecular weight is 142 g/mol. The number of rotatable bonds is 1. The molecule has 0 aromatic carbocycles. The quantitative estimate of drug-likeness (QED) is 0.514. The van der Waals surface area contributed by atoms with Gasteiger partial charge >= 0.3 is 0 Å². The predicted molar refractivity (Wildman–Crippen MR) is 39.1 cm³/mol. The topological polar surface area (TPSA) is 46.3 Å². The van der Waals surface area contributed by atoms with Crippen LogP contribution in [0.4, 0.5) is 0 Å². The minimum Gasteiger partial charge on any atom is -0.368 e. The Hall–Kier alpha value is -0.570. The molecule has 0 aliphatic carbocycles. The van der Waals surface area contributed by atoms with E-state index in [1.165, 1.54) is 0 Å². The van der Waals surface area contributed by atoms with E-state index in [1.807, 2.05) is 11.9 Å². The highest BCUT2D eigenvalue weighted by atomic mass is 16.2. The van der Waals surface area contributed by atoms with Crippen LogP contribution in [0.25, 0.3) is 0 Å². The Morgan fingerprint density at radius 2 is 2.50 bits per heavy atom. The summed E-state index contributed by atoms with van der Waals surface area (Å²) in [6, 6.07) is -0.0613. The number of primary amides is 1. The molecule has 0 saturated carbocycles. The van der Waals surface area contributed by atoms with Gasteiger partial charge in [0, 0.05) is 0 Å². The second kappa shape index (κ2) is 3.01. The fourth-order valence-electron chi connectivity index (χ4n) is 1.24. The monoisotopic (exact) mass is 142 g/mol. The van der Waals surface area contributed by atoms with Crippen molar-refractivity contribution in [3.8, 4) is 0 Å². The normalized spacial score (nSPS) is 28.3. The first kappa shape index (κ1) is 7.54. The number of likely N-dealkylation sites (N-methyl/N-ethyl adjacent to an activating group) is 1. The van der Waals surface area contributed by atoms with E-state index in [0.717, 1.165) is 19.4 Å². The first-order chi connectivity index (χ1) is 4.72. The maximum absolute atomic E-state index is 10.7. The van der Waals surface area contributed by atoms with Gasteiger partial charge in [-0.05, 0) is 32.9 Å². The molecule has 1 atom stereocenters. The van der Waals surface area contributed by atoms with Gasteiger partial charge in [0.15, 0.2) is 0 Å². The molecule has 1 amide bonds. The Bertz CT molecular complexity index is 136. The van der Waals surface area contributed by atoms with Gasteiger partial charge in [-0.3, -0.25) is 9.69 Å². The third-order valence-corrected chi connectivity index (χ3v) is 1.94. The van der Waals surface area contributed by atoms with E-state index in [0.29, 0.717) is 0 Å². The third-order valence-electron chi connectivity index (χ3n) is 1.94. The van der Waals surface area contributed by atoms with Crippen LogP contribution in [0.5, 0.6) is 0 Å². The third kappa shape index (κ3) is 1.48. The summed E-state index contributed by atoms with van der Waals surface area (Å²) in [5, 5.41) is 0. The summed E-state index contributed by atoms with van der Waals surface area (Å²) >= 11 is 0. The molecule has 3 nitrogen and oxygen atoms in total. The largest absolute Gasteiger partial charge is 0.368 e. The molecule has 2 N–H and O–H groups in total. The second-order valence-corrected chi connectivity index (χ2v) is 2.71. The lowest BCUT2D eigenvalue weighted by atomic mass is 10.2. The van der Waals surface area contributed by atoms with Crippen LogP contribution < -0.4 is 5.73 Å². The summed E-state index contributed by atoms with van der Waals surface area (Å²) < 4.78 is 0. The van der Waals surface area contributed by atoms with E-state index in [1.54, 1.807) is 0 Å². The van der Waals surface area contributed by atoms with Crippen molar-refractivity contribution < 1.29 is 4.79 Å². The van der Waals surface area contributed by atoms with Gasteiger partial charge in [0.05, 0.1) is 6.04 Å². The lowest BCUT2D eigenvalue weighted by Crippen LogP contribution is -2.45. The van der Waals surface area contributed by atoms with Gasteiger partial charge in [0.25, 0.3) is 0 Å². The summed E-state index contributed by atoms with van der Waals surface area (Å²) in [5.74, 6) is -0.210. The highest BCUT2D eigenvalue weighted by Crippen LogP contribution is 2.12. The molecule has 1 unspecified atom stereocenters. The zero-order chi connectivity index (χ0) is 7.56. The zero-order valence-electron chi connectivity index (χ0n) is 6.21. The number of hydrogen-bond donors (Lipinski definition) is 1. The van der Waals surface area contributed by atoms with Crippen molar-refractivity contribution in [2.75, 3.05) is 13.6 Å². The second-order valence-electron chi connectivity index (χ2n) is 2.71. The molecule has 10 heavy (non-hydrogen) atoms. The highest BCUT2D eigenvalue weighted by Gasteiger charge is 2.23. The standard InChI is InChI=1S/C7H13N2O/c1-9-5-3-2-4-6(9)7(8)10/h2,6H,3-5H2,1H3,(H2,8,10)/i6+1. The first-order valence-electron chi connectivity index (χ1n) is 3.53. The van der Waals surface area contributed by atoms with Crippen molar-refractivity contribution in [1.29, 1.82) is 0 Å². The van der Waals surface area contributed by atoms with Crippen LogP contribution in [-0.2, 0) is 4.79 Å². The van der Waals surface area contributed by atoms with Gasteiger partial charge in [-0.1, -0.05) is 0 Å². The lowest BCUT2D eigenvalue weighted by molar-refractivity contribution is -0.123. The minimum absolute atomic E-state index is 0.0613. The van der Waals surface area contributed by atoms with E-state index in [-0.39, 0.29) is 11.9 Å². The van der Waals surface area contributed by atoms with Gasteiger partial charge in [-0.15, -0.1) is 0 Å². The summed E-state index contributed by atoms with van der Waals surface area (Å²) in [4.78, 5) is 12.7. The Kier molecular flexibility index (Phi) is 2.27. The van der Waals surface area contributed by atoms with Gasteiger partial charge in [0.2, 0.25) is 5.91 Å². The van der Waals surface area contributed by atoms with Crippen LogP contribution in [0.3, 0.4) is 0 Å². The van der Waals surface area contributed by atoms with Crippen LogP contribution in [0, 0.1) is 6.42 Å². The molecule has 0 aromatic heterocycles. The van der Waals surface area contributed by atoms with Gasteiger partial charge in [0.1, 0.15) is 0 Å². The number of hydrogen-bond acceptors (Lipinski definition) is 2. The van der Waals surface area contributed by atoms with E-state index in [4.69, 9.17) is 5.73 Å². The van der Waals surface area contributed by atoms with Crippen molar-refractivity contribution in [2.45, 2.75) is 18.9 Å². The van der Waals surface area contributed by atoms with Crippen LogP contribution in [0.2, 0.25) is 0 Å². The smallest absolute Gasteiger partial charge is 0.234 e. The fraction of sp³-hybridized carbons (Fsp3) is 0.714. The zero-order valence-corrected chi connectivity index (χ0v) is 6.21. The molecule has 0 spiro atoms. The molecular formula is C7H13N2O. The van der Waals surface area contributed by atoms with Crippen LogP contribution in [0.1, 0.15) is 12.8 Å². The average Bonchev–Trinajstić information content (AvgIpc) is 1.88. The molecule has 1 radical (unpaired) electrons. The summed E-state index contributed by atoms with van der Waals surface area (Å²) in [6.07, 6.45) is 4.00. The molecule has 1 rings (SSSR count). The van der Waals surface area contributed by atoms with Crippen molar-refractivity contribution in [2.24, 2.45) is 5.73 Å². The Morgan fingerprint density at radius 1 is 1.80 bits per heavy atom. The Balaban J connectivity index is 2.47. The number of nitrogens with zero attached hydrogens (tertiary/aromatic N) is 1. The SMILES string of the molecule is CN1CC[CH]C[13CH]1C(N)=O. The van der Waals surface area contributed by atoms with Crippen molar-refractivity contribution in [1.82, 2.24) is 4.90 Å². The molecule has 0 bridgehead atoms. The van der Waals surface area contributed by atoms with Crippen molar-refractivity contribution in [3.63, 3.8) is 0 Å². The molecule has 0 aromatic rings. The molecule has 57 valence electrons. The maximum Gasteiger partial charge on any atom is 0.234 e. The number of carbonyl (C=O) groups is 1. The molecule has 1 heterocycles. The van der Waals surface area contributed by atoms with E-state index in [2.05, 4.69) is 6.42 Å². The van der Waals surface area contributed by atoms with Crippen molar-refractivity contribution in [3.05, 3.63) is 6.42 Å². The van der Waals surface area contributed by atoms with E-state index in [9.17, 15) is 4.79 Å². The first-order valence-corrected chi connectivity index (χ1v) is 3.53. The lowest BCUT2D eigenvalue weighted by Gasteiger charge is -2.29. The van der Waals surface area contributed by atoms with Crippen LogP contribution >= 0.6 is 0 Å². The van der Waals surface area contributed by atoms with E-state index < -0.39 is 0 Å². The molecule has 1 aliphatic heterocycles.